The highest BCUT2D eigenvalue weighted by atomic mass is 32.2. The van der Waals surface area contributed by atoms with Crippen LogP contribution in [0.2, 0.25) is 0 Å². The number of carbonyl (C=O) groups excluding carboxylic acids is 3. The van der Waals surface area contributed by atoms with Crippen LogP contribution in [0.1, 0.15) is 49.6 Å². The predicted molar refractivity (Wildman–Crippen MR) is 124 cm³/mol. The number of piperidine rings is 1. The molecule has 1 saturated heterocycles. The summed E-state index contributed by atoms with van der Waals surface area (Å²) in [5.74, 6) is 0.509. The first-order chi connectivity index (χ1) is 15.5. The first-order valence-corrected chi connectivity index (χ1v) is 12.3. The highest BCUT2D eigenvalue weighted by Crippen LogP contribution is 2.15. The number of carbonyl (C=O) groups is 3. The number of aryl methyl sites for hydroxylation is 1. The average Bonchev–Trinajstić information content (AvgIpc) is 3.30. The van der Waals surface area contributed by atoms with Gasteiger partial charge < -0.3 is 4.42 Å². The lowest BCUT2D eigenvalue weighted by Gasteiger charge is -2.26. The minimum Gasteiger partial charge on any atom is -0.468 e. The van der Waals surface area contributed by atoms with Gasteiger partial charge in [0.1, 0.15) is 5.76 Å². The van der Waals surface area contributed by atoms with E-state index in [1.54, 1.807) is 18.5 Å². The average molecular weight is 458 g/mol. The molecule has 0 aliphatic carbocycles. The molecular weight excluding hydrogens is 426 g/mol. The van der Waals surface area contributed by atoms with Crippen molar-refractivity contribution < 1.29 is 18.8 Å². The number of ketones is 1. The Morgan fingerprint density at radius 3 is 2.72 bits per heavy atom. The van der Waals surface area contributed by atoms with E-state index in [1.807, 2.05) is 12.1 Å². The minimum absolute atomic E-state index is 0.119. The Hall–Kier alpha value is -2.45. The number of rotatable bonds is 11. The molecule has 0 radical (unpaired) electrons. The van der Waals surface area contributed by atoms with Crippen LogP contribution in [-0.2, 0) is 33.1 Å². The smallest absolute Gasteiger partial charge is 0.239 e. The van der Waals surface area contributed by atoms with Crippen LogP contribution in [0.25, 0.3) is 0 Å². The Bertz CT molecular complexity index is 894. The molecule has 0 unspecified atom stereocenters. The van der Waals surface area contributed by atoms with Gasteiger partial charge in [-0.15, -0.1) is 11.8 Å². The summed E-state index contributed by atoms with van der Waals surface area (Å²) in [5, 5.41) is 0. The molecule has 172 valence electrons. The molecule has 0 spiro atoms. The number of amides is 2. The zero-order chi connectivity index (χ0) is 22.8. The van der Waals surface area contributed by atoms with Crippen LogP contribution in [-0.4, -0.2) is 57.8 Å². The first-order valence-electron chi connectivity index (χ1n) is 11.1. The Labute approximate surface area is 193 Å². The van der Waals surface area contributed by atoms with Gasteiger partial charge in [0.25, 0.3) is 0 Å². The predicted octanol–water partition coefficient (Wildman–Crippen LogP) is 3.47. The van der Waals surface area contributed by atoms with E-state index in [1.165, 1.54) is 43.5 Å². The van der Waals surface area contributed by atoms with Crippen LogP contribution in [0.4, 0.5) is 0 Å². The molecule has 3 heterocycles. The molecular formula is C24H31N3O4S. The summed E-state index contributed by atoms with van der Waals surface area (Å²) >= 11 is 1.36. The molecule has 1 aliphatic rings. The fraction of sp³-hybridized carbons (Fsp3) is 0.500. The number of thioether (sulfide) groups is 1. The van der Waals surface area contributed by atoms with Crippen molar-refractivity contribution in [2.24, 2.45) is 0 Å². The number of hydrogen-bond acceptors (Lipinski definition) is 7. The highest BCUT2D eigenvalue weighted by molar-refractivity contribution is 7.99. The number of pyridine rings is 1. The third-order valence-electron chi connectivity index (χ3n) is 5.46. The molecule has 2 aromatic rings. The molecule has 0 saturated carbocycles. The summed E-state index contributed by atoms with van der Waals surface area (Å²) in [4.78, 5) is 44.7. The second-order valence-electron chi connectivity index (χ2n) is 8.10. The topological polar surface area (TPSA) is 83.7 Å². The van der Waals surface area contributed by atoms with Crippen LogP contribution < -0.4 is 0 Å². The fourth-order valence-electron chi connectivity index (χ4n) is 3.75. The highest BCUT2D eigenvalue weighted by Gasteiger charge is 2.21. The molecule has 1 aliphatic heterocycles. The Morgan fingerprint density at radius 1 is 1.19 bits per heavy atom. The van der Waals surface area contributed by atoms with Gasteiger partial charge in [-0.2, -0.15) is 0 Å². The monoisotopic (exact) mass is 457 g/mol. The molecule has 0 bridgehead atoms. The van der Waals surface area contributed by atoms with E-state index in [2.05, 4.69) is 16.0 Å². The van der Waals surface area contributed by atoms with Gasteiger partial charge in [0.05, 0.1) is 24.3 Å². The molecule has 1 fully saturated rings. The van der Waals surface area contributed by atoms with Crippen molar-refractivity contribution in [2.45, 2.75) is 51.3 Å². The van der Waals surface area contributed by atoms with Gasteiger partial charge in [0.2, 0.25) is 11.8 Å². The largest absolute Gasteiger partial charge is 0.468 e. The van der Waals surface area contributed by atoms with Gasteiger partial charge in [0, 0.05) is 31.8 Å². The standard InChI is InChI=1S/C24H31N3O4S/c1-19(28)27(24(30)18-32-17-23-6-5-13-31-23)16-22(29)8-7-21-14-20(9-10-25-21)15-26-11-3-2-4-12-26/h5-6,9-10,13-14H,2-4,7-8,11-12,15-18H2,1H3. The zero-order valence-electron chi connectivity index (χ0n) is 18.6. The molecule has 0 N–H and O–H groups in total. The van der Waals surface area contributed by atoms with Crippen LogP contribution in [0.15, 0.2) is 41.1 Å². The number of nitrogens with zero attached hydrogens (tertiary/aromatic N) is 3. The summed E-state index contributed by atoms with van der Waals surface area (Å²) in [7, 11) is 0. The van der Waals surface area contributed by atoms with Crippen molar-refractivity contribution in [3.8, 4) is 0 Å². The number of Topliss-reactive ketones (excluding diaryl/α,β-unsaturated/α-hetero) is 1. The summed E-state index contributed by atoms with van der Waals surface area (Å²) in [6, 6.07) is 7.70. The van der Waals surface area contributed by atoms with E-state index in [0.29, 0.717) is 12.2 Å². The van der Waals surface area contributed by atoms with Gasteiger partial charge >= 0.3 is 0 Å². The Morgan fingerprint density at radius 2 is 2.00 bits per heavy atom. The quantitative estimate of drug-likeness (QED) is 0.511. The normalized spacial score (nSPS) is 14.3. The lowest BCUT2D eigenvalue weighted by molar-refractivity contribution is -0.144. The number of hydrogen-bond donors (Lipinski definition) is 0. The number of furan rings is 1. The molecule has 2 amide bonds. The third-order valence-corrected chi connectivity index (χ3v) is 6.40. The molecule has 3 rings (SSSR count). The zero-order valence-corrected chi connectivity index (χ0v) is 19.4. The van der Waals surface area contributed by atoms with Crippen molar-refractivity contribution in [3.63, 3.8) is 0 Å². The lowest BCUT2D eigenvalue weighted by Crippen LogP contribution is -2.40. The van der Waals surface area contributed by atoms with Gasteiger partial charge in [-0.1, -0.05) is 6.42 Å². The molecule has 2 aromatic heterocycles. The summed E-state index contributed by atoms with van der Waals surface area (Å²) in [6.45, 7) is 4.29. The van der Waals surface area contributed by atoms with E-state index in [-0.39, 0.29) is 30.4 Å². The van der Waals surface area contributed by atoms with Gasteiger partial charge in [-0.05, 0) is 62.2 Å². The van der Waals surface area contributed by atoms with Crippen LogP contribution in [0, 0.1) is 0 Å². The molecule has 0 aromatic carbocycles. The van der Waals surface area contributed by atoms with Crippen molar-refractivity contribution in [1.82, 2.24) is 14.8 Å². The maximum atomic E-state index is 12.5. The molecule has 0 atom stereocenters. The Balaban J connectivity index is 1.44. The van der Waals surface area contributed by atoms with E-state index in [0.717, 1.165) is 36.0 Å². The van der Waals surface area contributed by atoms with Crippen LogP contribution in [0.3, 0.4) is 0 Å². The van der Waals surface area contributed by atoms with E-state index >= 15 is 0 Å². The van der Waals surface area contributed by atoms with Crippen LogP contribution in [0.5, 0.6) is 0 Å². The van der Waals surface area contributed by atoms with E-state index in [9.17, 15) is 14.4 Å². The lowest BCUT2D eigenvalue weighted by atomic mass is 10.1. The van der Waals surface area contributed by atoms with Crippen molar-refractivity contribution in [2.75, 3.05) is 25.4 Å². The first kappa shape index (κ1) is 24.2. The Kier molecular flexibility index (Phi) is 9.49. The molecule has 8 heteroatoms. The van der Waals surface area contributed by atoms with Crippen molar-refractivity contribution >= 4 is 29.4 Å². The van der Waals surface area contributed by atoms with Crippen LogP contribution >= 0.6 is 11.8 Å². The van der Waals surface area contributed by atoms with Gasteiger partial charge in [-0.25, -0.2) is 0 Å². The molecule has 32 heavy (non-hydrogen) atoms. The van der Waals surface area contributed by atoms with Gasteiger partial charge in [-0.3, -0.25) is 29.2 Å². The molecule has 7 nitrogen and oxygen atoms in total. The summed E-state index contributed by atoms with van der Waals surface area (Å²) in [6.07, 6.45) is 7.93. The van der Waals surface area contributed by atoms with E-state index in [4.69, 9.17) is 4.42 Å². The second kappa shape index (κ2) is 12.6. The maximum Gasteiger partial charge on any atom is 0.239 e. The SMILES string of the molecule is CC(=O)N(CC(=O)CCc1cc(CN2CCCCC2)ccn1)C(=O)CSCc1ccco1. The number of aromatic nitrogens is 1. The summed E-state index contributed by atoms with van der Waals surface area (Å²) < 4.78 is 5.24. The maximum absolute atomic E-state index is 12.5. The third kappa shape index (κ3) is 7.91. The number of imide groups is 1. The van der Waals surface area contributed by atoms with E-state index < -0.39 is 5.91 Å². The van der Waals surface area contributed by atoms with Crippen molar-refractivity contribution in [3.05, 3.63) is 53.7 Å². The minimum atomic E-state index is -0.413. The summed E-state index contributed by atoms with van der Waals surface area (Å²) in [5.41, 5.74) is 2.07. The number of likely N-dealkylation sites (tertiary alicyclic amines) is 1. The fourth-order valence-corrected chi connectivity index (χ4v) is 4.55. The van der Waals surface area contributed by atoms with Crippen molar-refractivity contribution in [1.29, 1.82) is 0 Å². The second-order valence-corrected chi connectivity index (χ2v) is 9.09. The van der Waals surface area contributed by atoms with Gasteiger partial charge in [0.15, 0.2) is 5.78 Å².